The van der Waals surface area contributed by atoms with E-state index in [0.717, 1.165) is 45.1 Å². The van der Waals surface area contributed by atoms with Crippen LogP contribution in [0.2, 0.25) is 0 Å². The molecule has 1 aliphatic carbocycles. The largest absolute Gasteiger partial charge is 0.481 e. The van der Waals surface area contributed by atoms with Gasteiger partial charge in [0.05, 0.1) is 11.5 Å². The second-order valence-electron chi connectivity index (χ2n) is 4.17. The Morgan fingerprint density at radius 3 is 2.46 bits per heavy atom. The molecule has 13 heavy (non-hydrogen) atoms. The molecular weight excluding hydrogens is 168 g/mol. The number of hydrogen-bond acceptors (Lipinski definition) is 2. The summed E-state index contributed by atoms with van der Waals surface area (Å²) in [5.41, 5.74) is -0.513. The number of rotatable bonds is 2. The first-order chi connectivity index (χ1) is 6.26. The fourth-order valence-corrected chi connectivity index (χ4v) is 2.41. The Morgan fingerprint density at radius 1 is 1.31 bits per heavy atom. The fourth-order valence-electron chi connectivity index (χ4n) is 2.41. The molecule has 3 nitrogen and oxygen atoms in total. The minimum Gasteiger partial charge on any atom is -0.481 e. The average molecular weight is 184 g/mol. The molecule has 1 aliphatic heterocycles. The zero-order valence-electron chi connectivity index (χ0n) is 7.79. The molecule has 2 fully saturated rings. The quantitative estimate of drug-likeness (QED) is 0.712. The van der Waals surface area contributed by atoms with Gasteiger partial charge in [0.25, 0.3) is 0 Å². The Balaban J connectivity index is 2.06. The van der Waals surface area contributed by atoms with Crippen LogP contribution in [0.4, 0.5) is 0 Å². The maximum absolute atomic E-state index is 11.1. The summed E-state index contributed by atoms with van der Waals surface area (Å²) in [5, 5.41) is 9.16. The van der Waals surface area contributed by atoms with E-state index in [1.54, 1.807) is 0 Å². The van der Waals surface area contributed by atoms with Crippen LogP contribution in [0.1, 0.15) is 38.5 Å². The summed E-state index contributed by atoms with van der Waals surface area (Å²) in [4.78, 5) is 11.1. The first-order valence-corrected chi connectivity index (χ1v) is 5.11. The molecule has 1 heterocycles. The molecule has 1 saturated heterocycles. The normalized spacial score (nSPS) is 32.2. The Labute approximate surface area is 78.1 Å². The first kappa shape index (κ1) is 9.00. The summed E-state index contributed by atoms with van der Waals surface area (Å²) in [5.74, 6) is -0.648. The van der Waals surface area contributed by atoms with Crippen molar-refractivity contribution < 1.29 is 14.6 Å². The lowest BCUT2D eigenvalue weighted by Crippen LogP contribution is -2.50. The number of aliphatic carboxylic acids is 1. The SMILES string of the molecule is O=C(O)C1([C@H]2CCCCO2)CCC1. The van der Waals surface area contributed by atoms with Gasteiger partial charge in [0.1, 0.15) is 0 Å². The Kier molecular flexibility index (Phi) is 2.28. The van der Waals surface area contributed by atoms with Crippen molar-refractivity contribution in [3.8, 4) is 0 Å². The number of ether oxygens (including phenoxy) is 1. The van der Waals surface area contributed by atoms with Crippen molar-refractivity contribution in [1.29, 1.82) is 0 Å². The van der Waals surface area contributed by atoms with Crippen molar-refractivity contribution in [2.75, 3.05) is 6.61 Å². The third-order valence-electron chi connectivity index (χ3n) is 3.47. The number of hydrogen-bond donors (Lipinski definition) is 1. The van der Waals surface area contributed by atoms with Crippen molar-refractivity contribution in [2.24, 2.45) is 5.41 Å². The van der Waals surface area contributed by atoms with Gasteiger partial charge in [-0.3, -0.25) is 4.79 Å². The van der Waals surface area contributed by atoms with Crippen LogP contribution in [0, 0.1) is 5.41 Å². The predicted octanol–water partition coefficient (Wildman–Crippen LogP) is 1.81. The number of carbonyl (C=O) groups is 1. The second-order valence-corrected chi connectivity index (χ2v) is 4.17. The summed E-state index contributed by atoms with van der Waals surface area (Å²) in [6.07, 6.45) is 5.82. The van der Waals surface area contributed by atoms with Crippen LogP contribution in [0.15, 0.2) is 0 Å². The van der Waals surface area contributed by atoms with Gasteiger partial charge in [-0.2, -0.15) is 0 Å². The molecule has 0 bridgehead atoms. The van der Waals surface area contributed by atoms with Gasteiger partial charge >= 0.3 is 5.97 Å². The van der Waals surface area contributed by atoms with E-state index < -0.39 is 11.4 Å². The highest BCUT2D eigenvalue weighted by atomic mass is 16.5. The number of carboxylic acids is 1. The van der Waals surface area contributed by atoms with Crippen molar-refractivity contribution in [1.82, 2.24) is 0 Å². The molecule has 1 atom stereocenters. The van der Waals surface area contributed by atoms with E-state index in [0.29, 0.717) is 0 Å². The summed E-state index contributed by atoms with van der Waals surface area (Å²) in [7, 11) is 0. The van der Waals surface area contributed by atoms with Gasteiger partial charge in [-0.1, -0.05) is 6.42 Å². The van der Waals surface area contributed by atoms with Gasteiger partial charge in [-0.05, 0) is 32.1 Å². The zero-order valence-corrected chi connectivity index (χ0v) is 7.79. The highest BCUT2D eigenvalue weighted by molar-refractivity contribution is 5.76. The first-order valence-electron chi connectivity index (χ1n) is 5.11. The fraction of sp³-hybridized carbons (Fsp3) is 0.900. The summed E-state index contributed by atoms with van der Waals surface area (Å²) >= 11 is 0. The van der Waals surface area contributed by atoms with Gasteiger partial charge in [0.15, 0.2) is 0 Å². The molecule has 1 saturated carbocycles. The summed E-state index contributed by atoms with van der Waals surface area (Å²) < 4.78 is 5.57. The maximum Gasteiger partial charge on any atom is 0.312 e. The summed E-state index contributed by atoms with van der Waals surface area (Å²) in [6, 6.07) is 0. The Bertz CT molecular complexity index is 202. The minimum absolute atomic E-state index is 0.00694. The van der Waals surface area contributed by atoms with Crippen molar-refractivity contribution in [3.63, 3.8) is 0 Å². The van der Waals surface area contributed by atoms with E-state index in [-0.39, 0.29) is 6.10 Å². The molecule has 0 radical (unpaired) electrons. The third kappa shape index (κ3) is 1.35. The lowest BCUT2D eigenvalue weighted by atomic mass is 9.63. The zero-order chi connectivity index (χ0) is 9.31. The standard InChI is InChI=1S/C10H16O3/c11-9(12)10(5-3-6-10)8-4-1-2-7-13-8/h8H,1-7H2,(H,11,12)/t8-/m1/s1. The molecule has 0 unspecified atom stereocenters. The van der Waals surface area contributed by atoms with E-state index in [4.69, 9.17) is 9.84 Å². The molecule has 0 aromatic carbocycles. The molecule has 0 spiro atoms. The molecule has 1 N–H and O–H groups in total. The van der Waals surface area contributed by atoms with Crippen LogP contribution in [0.25, 0.3) is 0 Å². The highest BCUT2D eigenvalue weighted by Gasteiger charge is 2.51. The van der Waals surface area contributed by atoms with Gasteiger partial charge in [0, 0.05) is 6.61 Å². The van der Waals surface area contributed by atoms with Gasteiger partial charge in [-0.25, -0.2) is 0 Å². The van der Waals surface area contributed by atoms with E-state index in [1.807, 2.05) is 0 Å². The van der Waals surface area contributed by atoms with Gasteiger partial charge < -0.3 is 9.84 Å². The van der Waals surface area contributed by atoms with E-state index >= 15 is 0 Å². The predicted molar refractivity (Wildman–Crippen MR) is 47.5 cm³/mol. The van der Waals surface area contributed by atoms with Crippen LogP contribution in [-0.4, -0.2) is 23.8 Å². The van der Waals surface area contributed by atoms with Crippen molar-refractivity contribution in [2.45, 2.75) is 44.6 Å². The summed E-state index contributed by atoms with van der Waals surface area (Å²) in [6.45, 7) is 0.750. The average Bonchev–Trinajstić information content (AvgIpc) is 2.03. The van der Waals surface area contributed by atoms with E-state index in [2.05, 4.69) is 0 Å². The third-order valence-corrected chi connectivity index (χ3v) is 3.47. The molecule has 0 aromatic rings. The van der Waals surface area contributed by atoms with Crippen LogP contribution < -0.4 is 0 Å². The monoisotopic (exact) mass is 184 g/mol. The van der Waals surface area contributed by atoms with E-state index in [1.165, 1.54) is 0 Å². The second kappa shape index (κ2) is 3.29. The molecule has 2 aliphatic rings. The van der Waals surface area contributed by atoms with Crippen LogP contribution in [0.5, 0.6) is 0 Å². The molecule has 0 aromatic heterocycles. The maximum atomic E-state index is 11.1. The molecule has 2 rings (SSSR count). The Morgan fingerprint density at radius 2 is 2.08 bits per heavy atom. The van der Waals surface area contributed by atoms with Gasteiger partial charge in [0.2, 0.25) is 0 Å². The van der Waals surface area contributed by atoms with Crippen LogP contribution >= 0.6 is 0 Å². The van der Waals surface area contributed by atoms with Crippen LogP contribution in [0.3, 0.4) is 0 Å². The van der Waals surface area contributed by atoms with Crippen molar-refractivity contribution in [3.05, 3.63) is 0 Å². The molecular formula is C10H16O3. The Hall–Kier alpha value is -0.570. The number of carboxylic acid groups (broad SMARTS) is 1. The van der Waals surface area contributed by atoms with Crippen LogP contribution in [-0.2, 0) is 9.53 Å². The smallest absolute Gasteiger partial charge is 0.312 e. The lowest BCUT2D eigenvalue weighted by Gasteiger charge is -2.45. The minimum atomic E-state index is -0.648. The lowest BCUT2D eigenvalue weighted by molar-refractivity contribution is -0.174. The topological polar surface area (TPSA) is 46.5 Å². The highest BCUT2D eigenvalue weighted by Crippen LogP contribution is 2.47. The molecule has 0 amide bonds. The van der Waals surface area contributed by atoms with Gasteiger partial charge in [-0.15, -0.1) is 0 Å². The molecule has 3 heteroatoms. The van der Waals surface area contributed by atoms with E-state index in [9.17, 15) is 4.79 Å². The molecule has 74 valence electrons. The van der Waals surface area contributed by atoms with Crippen molar-refractivity contribution >= 4 is 5.97 Å².